The summed E-state index contributed by atoms with van der Waals surface area (Å²) in [7, 11) is 0. The third-order valence-electron chi connectivity index (χ3n) is 11.1. The van der Waals surface area contributed by atoms with Crippen molar-refractivity contribution in [3.8, 4) is 16.9 Å². The molecule has 4 saturated carbocycles. The van der Waals surface area contributed by atoms with Crippen molar-refractivity contribution in [1.29, 1.82) is 0 Å². The van der Waals surface area contributed by atoms with Gasteiger partial charge in [-0.05, 0) is 135 Å². The van der Waals surface area contributed by atoms with Gasteiger partial charge in [0.05, 0.1) is 0 Å². The highest BCUT2D eigenvalue weighted by Gasteiger charge is 2.52. The van der Waals surface area contributed by atoms with Gasteiger partial charge in [-0.3, -0.25) is 0 Å². The van der Waals surface area contributed by atoms with E-state index in [0.717, 1.165) is 66.1 Å². The van der Waals surface area contributed by atoms with Crippen LogP contribution in [0.5, 0.6) is 5.75 Å². The number of amides is 1. The molecule has 0 aromatic heterocycles. The molecule has 6 nitrogen and oxygen atoms in total. The number of likely N-dealkylation sites (tertiary alicyclic amines) is 2. The second kappa shape index (κ2) is 12.6. The first kappa shape index (κ1) is 30.2. The molecule has 2 aromatic carbocycles. The molecule has 0 radical (unpaired) electrons. The normalized spacial score (nSPS) is 29.0. The van der Waals surface area contributed by atoms with E-state index in [1.54, 1.807) is 6.08 Å². The van der Waals surface area contributed by atoms with Gasteiger partial charge in [-0.25, -0.2) is 9.59 Å². The van der Waals surface area contributed by atoms with Crippen LogP contribution in [0, 0.1) is 17.8 Å². The Balaban J connectivity index is 0.00000329. The lowest BCUT2D eigenvalue weighted by Gasteiger charge is -2.57. The maximum atomic E-state index is 13.6. The van der Waals surface area contributed by atoms with Gasteiger partial charge in [0.25, 0.3) is 0 Å². The molecule has 0 spiro atoms. The van der Waals surface area contributed by atoms with Crippen molar-refractivity contribution in [1.82, 2.24) is 9.80 Å². The maximum absolute atomic E-state index is 13.6. The highest BCUT2D eigenvalue weighted by molar-refractivity contribution is 5.85. The van der Waals surface area contributed by atoms with Gasteiger partial charge < -0.3 is 19.6 Å². The Morgan fingerprint density at radius 3 is 2.02 bits per heavy atom. The van der Waals surface area contributed by atoms with Gasteiger partial charge in [0.2, 0.25) is 0 Å². The van der Waals surface area contributed by atoms with Crippen LogP contribution in [0.2, 0.25) is 0 Å². The van der Waals surface area contributed by atoms with E-state index in [9.17, 15) is 9.59 Å². The highest BCUT2D eigenvalue weighted by Crippen LogP contribution is 2.62. The maximum Gasteiger partial charge on any atom is 0.415 e. The Kier molecular flexibility index (Phi) is 8.89. The Labute approximate surface area is 261 Å². The molecule has 6 aliphatic rings. The zero-order valence-corrected chi connectivity index (χ0v) is 25.9. The molecule has 1 amide bonds. The van der Waals surface area contributed by atoms with E-state index in [-0.39, 0.29) is 23.9 Å². The molecule has 2 aliphatic heterocycles. The average Bonchev–Trinajstić information content (AvgIpc) is 3.00. The number of nitrogens with zero attached hydrogens (tertiary/aromatic N) is 2. The van der Waals surface area contributed by atoms with Gasteiger partial charge in [-0.15, -0.1) is 12.4 Å². The minimum absolute atomic E-state index is 0. The molecule has 7 heteroatoms. The average molecular weight is 605 g/mol. The fourth-order valence-corrected chi connectivity index (χ4v) is 9.46. The van der Waals surface area contributed by atoms with Crippen molar-refractivity contribution in [3.05, 3.63) is 59.7 Å². The van der Waals surface area contributed by atoms with Crippen LogP contribution in [-0.4, -0.2) is 59.2 Å². The predicted molar refractivity (Wildman–Crippen MR) is 172 cm³/mol. The molecule has 2 heterocycles. The van der Waals surface area contributed by atoms with Gasteiger partial charge in [0, 0.05) is 30.8 Å². The number of halogens is 1. The molecule has 6 fully saturated rings. The van der Waals surface area contributed by atoms with Gasteiger partial charge in [0.1, 0.15) is 5.75 Å². The minimum Gasteiger partial charge on any atom is -0.478 e. The molecular weight excluding hydrogens is 560 g/mol. The molecule has 1 N–H and O–H groups in total. The number of hydrogen-bond donors (Lipinski definition) is 1. The van der Waals surface area contributed by atoms with Gasteiger partial charge in [-0.1, -0.05) is 36.8 Å². The molecule has 2 aromatic rings. The van der Waals surface area contributed by atoms with Crippen LogP contribution in [0.3, 0.4) is 0 Å². The van der Waals surface area contributed by atoms with Gasteiger partial charge >= 0.3 is 12.1 Å². The van der Waals surface area contributed by atoms with E-state index in [4.69, 9.17) is 9.84 Å². The monoisotopic (exact) mass is 604 g/mol. The van der Waals surface area contributed by atoms with E-state index in [1.165, 1.54) is 82.5 Å². The van der Waals surface area contributed by atoms with Crippen molar-refractivity contribution < 1.29 is 19.4 Å². The minimum atomic E-state index is -0.948. The first-order chi connectivity index (χ1) is 20.4. The van der Waals surface area contributed by atoms with Crippen molar-refractivity contribution in [3.63, 3.8) is 0 Å². The summed E-state index contributed by atoms with van der Waals surface area (Å²) < 4.78 is 6.33. The number of rotatable bonds is 6. The molecular formula is C36H45ClN2O4. The van der Waals surface area contributed by atoms with Crippen LogP contribution >= 0.6 is 12.4 Å². The Morgan fingerprint density at radius 2 is 1.42 bits per heavy atom. The summed E-state index contributed by atoms with van der Waals surface area (Å²) >= 11 is 0. The lowest BCUT2D eigenvalue weighted by atomic mass is 9.48. The number of benzene rings is 2. The highest BCUT2D eigenvalue weighted by atomic mass is 35.5. The summed E-state index contributed by atoms with van der Waals surface area (Å²) in [6.07, 6.45) is 16.3. The number of aliphatic carboxylic acids is 1. The summed E-state index contributed by atoms with van der Waals surface area (Å²) in [6.45, 7) is 3.95. The predicted octanol–water partition coefficient (Wildman–Crippen LogP) is 7.79. The van der Waals surface area contributed by atoms with E-state index in [2.05, 4.69) is 29.2 Å². The van der Waals surface area contributed by atoms with Crippen molar-refractivity contribution in [2.45, 2.75) is 82.1 Å². The number of carbonyl (C=O) groups excluding carboxylic acids is 1. The number of carboxylic acid groups (broad SMARTS) is 1. The molecule has 4 bridgehead atoms. The van der Waals surface area contributed by atoms with Crippen LogP contribution < -0.4 is 4.74 Å². The van der Waals surface area contributed by atoms with Crippen molar-refractivity contribution in [2.24, 2.45) is 17.8 Å². The third kappa shape index (κ3) is 6.37. The summed E-state index contributed by atoms with van der Waals surface area (Å²) in [6, 6.07) is 15.1. The molecule has 43 heavy (non-hydrogen) atoms. The van der Waals surface area contributed by atoms with Crippen molar-refractivity contribution in [2.75, 3.05) is 26.2 Å². The summed E-state index contributed by atoms with van der Waals surface area (Å²) in [4.78, 5) is 29.1. The lowest BCUT2D eigenvalue weighted by molar-refractivity contribution is -0.131. The van der Waals surface area contributed by atoms with E-state index in [0.29, 0.717) is 6.04 Å². The van der Waals surface area contributed by atoms with E-state index in [1.807, 2.05) is 23.1 Å². The Bertz CT molecular complexity index is 1310. The number of hydrogen-bond acceptors (Lipinski definition) is 4. The van der Waals surface area contributed by atoms with E-state index < -0.39 is 5.97 Å². The number of carbonyl (C=O) groups is 2. The zero-order valence-electron chi connectivity index (χ0n) is 25.1. The molecule has 4 aliphatic carbocycles. The number of piperidine rings is 2. The Hall–Kier alpha value is -2.83. The quantitative estimate of drug-likeness (QED) is 0.341. The largest absolute Gasteiger partial charge is 0.478 e. The standard InChI is InChI=1S/C36H44N2O4.ClH/c39-34(40)11-6-25-4-7-29(8-5-25)30-9-10-33(32(21-30)36-22-26-18-27(23-36)20-28(19-26)24-36)42-35(41)38-16-12-31(13-17-38)37-14-2-1-3-15-37;/h4-11,21,26-28,31H,1-3,12-20,22-24H2,(H,39,40);1H. The smallest absolute Gasteiger partial charge is 0.415 e. The molecule has 0 unspecified atom stereocenters. The van der Waals surface area contributed by atoms with Gasteiger partial charge in [0.15, 0.2) is 0 Å². The second-order valence-electron chi connectivity index (χ2n) is 13.9. The topological polar surface area (TPSA) is 70.1 Å². The molecule has 0 atom stereocenters. The Morgan fingerprint density at radius 1 is 0.814 bits per heavy atom. The first-order valence-electron chi connectivity index (χ1n) is 16.3. The third-order valence-corrected chi connectivity index (χ3v) is 11.1. The van der Waals surface area contributed by atoms with Crippen LogP contribution in [0.4, 0.5) is 4.79 Å². The van der Waals surface area contributed by atoms with Crippen LogP contribution in [0.15, 0.2) is 48.5 Å². The lowest BCUT2D eigenvalue weighted by Crippen LogP contribution is -2.49. The fourth-order valence-electron chi connectivity index (χ4n) is 9.46. The molecule has 230 valence electrons. The fraction of sp³-hybridized carbons (Fsp3) is 0.556. The SMILES string of the molecule is Cl.O=C(O)C=Cc1ccc(-c2ccc(OC(=O)N3CCC(N4CCCCC4)CC3)c(C34CC5CC(CC(C5)C3)C4)c2)cc1. The summed E-state index contributed by atoms with van der Waals surface area (Å²) in [5, 5.41) is 8.96. The van der Waals surface area contributed by atoms with E-state index >= 15 is 0 Å². The van der Waals surface area contributed by atoms with Gasteiger partial charge in [-0.2, -0.15) is 0 Å². The zero-order chi connectivity index (χ0) is 28.7. The van der Waals surface area contributed by atoms with Crippen LogP contribution in [0.25, 0.3) is 17.2 Å². The number of ether oxygens (including phenoxy) is 1. The second-order valence-corrected chi connectivity index (χ2v) is 13.9. The molecule has 8 rings (SSSR count). The van der Waals surface area contributed by atoms with Crippen LogP contribution in [0.1, 0.15) is 81.8 Å². The van der Waals surface area contributed by atoms with Crippen molar-refractivity contribution >= 4 is 30.5 Å². The van der Waals surface area contributed by atoms with Crippen LogP contribution in [-0.2, 0) is 10.2 Å². The summed E-state index contributed by atoms with van der Waals surface area (Å²) in [5.74, 6) is 2.17. The first-order valence-corrected chi connectivity index (χ1v) is 16.3. The summed E-state index contributed by atoms with van der Waals surface area (Å²) in [5.41, 5.74) is 4.39. The number of carboxylic acids is 1. The molecule has 2 saturated heterocycles.